The number of hydrogen-bond donors (Lipinski definition) is 0. The van der Waals surface area contributed by atoms with Gasteiger partial charge in [-0.1, -0.05) is 78.9 Å². The first kappa shape index (κ1) is 17.1. The topological polar surface area (TPSA) is 43.6 Å². The lowest BCUT2D eigenvalue weighted by molar-refractivity contribution is 0.957. The number of aromatic nitrogens is 4. The number of fused-ring (bicyclic) bond motifs is 3. The molecule has 0 N–H and O–H groups in total. The Balaban J connectivity index is 1.68. The second kappa shape index (κ2) is 6.90. The fourth-order valence-corrected chi connectivity index (χ4v) is 4.70. The molecule has 0 bridgehead atoms. The minimum Gasteiger partial charge on any atom is -0.269 e. The van der Waals surface area contributed by atoms with Crippen LogP contribution in [0.25, 0.3) is 49.8 Å². The van der Waals surface area contributed by atoms with Gasteiger partial charge in [0.05, 0.1) is 5.52 Å². The SMILES string of the molecule is c1ccc(-c2nc(-c3ccccc3)nc(-n3c4ccccc4c4ccsc43)n2)cc1. The molecule has 0 saturated carbocycles. The highest BCUT2D eigenvalue weighted by atomic mass is 32.1. The van der Waals surface area contributed by atoms with E-state index in [0.29, 0.717) is 17.6 Å². The normalized spacial score (nSPS) is 11.3. The van der Waals surface area contributed by atoms with Gasteiger partial charge in [0, 0.05) is 21.9 Å². The Morgan fingerprint density at radius 1 is 0.567 bits per heavy atom. The van der Waals surface area contributed by atoms with Crippen molar-refractivity contribution in [3.8, 4) is 28.7 Å². The molecule has 5 heteroatoms. The maximum Gasteiger partial charge on any atom is 0.239 e. The van der Waals surface area contributed by atoms with E-state index in [9.17, 15) is 0 Å². The van der Waals surface area contributed by atoms with Crippen LogP contribution in [0.1, 0.15) is 0 Å². The van der Waals surface area contributed by atoms with Crippen molar-refractivity contribution < 1.29 is 0 Å². The third kappa shape index (κ3) is 2.71. The minimum atomic E-state index is 0.636. The third-order valence-corrected chi connectivity index (χ3v) is 6.07. The first-order valence-electron chi connectivity index (χ1n) is 9.72. The van der Waals surface area contributed by atoms with Gasteiger partial charge in [0.1, 0.15) is 4.83 Å². The van der Waals surface area contributed by atoms with Gasteiger partial charge in [0.25, 0.3) is 0 Å². The Bertz CT molecular complexity index is 1430. The maximum absolute atomic E-state index is 4.90. The Kier molecular flexibility index (Phi) is 3.92. The number of thiophene rings is 1. The summed E-state index contributed by atoms with van der Waals surface area (Å²) < 4.78 is 2.15. The standard InChI is InChI=1S/C25H16N4S/c1-3-9-17(10-4-1)22-26-23(18-11-5-2-6-12-18)28-25(27-22)29-21-14-8-7-13-19(21)20-15-16-30-24(20)29/h1-16H. The number of hydrogen-bond acceptors (Lipinski definition) is 4. The predicted molar refractivity (Wildman–Crippen MR) is 123 cm³/mol. The number of para-hydroxylation sites is 1. The van der Waals surface area contributed by atoms with Gasteiger partial charge in [-0.15, -0.1) is 11.3 Å². The fourth-order valence-electron chi connectivity index (χ4n) is 3.78. The van der Waals surface area contributed by atoms with E-state index in [1.165, 1.54) is 10.8 Å². The van der Waals surface area contributed by atoms with Crippen molar-refractivity contribution in [2.75, 3.05) is 0 Å². The van der Waals surface area contributed by atoms with Crippen molar-refractivity contribution in [1.29, 1.82) is 0 Å². The monoisotopic (exact) mass is 404 g/mol. The summed E-state index contributed by atoms with van der Waals surface area (Å²) in [7, 11) is 0. The predicted octanol–water partition coefficient (Wildman–Crippen LogP) is 6.36. The van der Waals surface area contributed by atoms with Crippen LogP contribution in [0.3, 0.4) is 0 Å². The lowest BCUT2D eigenvalue weighted by atomic mass is 10.2. The molecule has 142 valence electrons. The van der Waals surface area contributed by atoms with Crippen LogP contribution in [0.15, 0.2) is 96.4 Å². The van der Waals surface area contributed by atoms with Crippen molar-refractivity contribution in [3.05, 3.63) is 96.4 Å². The summed E-state index contributed by atoms with van der Waals surface area (Å²) in [6.45, 7) is 0. The van der Waals surface area contributed by atoms with E-state index < -0.39 is 0 Å². The zero-order chi connectivity index (χ0) is 19.9. The molecule has 30 heavy (non-hydrogen) atoms. The Labute approximate surface area is 177 Å². The van der Waals surface area contributed by atoms with Crippen molar-refractivity contribution >= 4 is 32.5 Å². The van der Waals surface area contributed by atoms with E-state index in [1.54, 1.807) is 11.3 Å². The average molecular weight is 404 g/mol. The van der Waals surface area contributed by atoms with E-state index in [0.717, 1.165) is 21.5 Å². The summed E-state index contributed by atoms with van der Waals surface area (Å²) in [6.07, 6.45) is 0. The lowest BCUT2D eigenvalue weighted by Crippen LogP contribution is -2.05. The summed E-state index contributed by atoms with van der Waals surface area (Å²) in [5, 5.41) is 4.54. The maximum atomic E-state index is 4.90. The summed E-state index contributed by atoms with van der Waals surface area (Å²) in [6, 6.07) is 30.7. The van der Waals surface area contributed by atoms with Crippen LogP contribution >= 0.6 is 11.3 Å². The number of rotatable bonds is 3. The Morgan fingerprint density at radius 2 is 1.17 bits per heavy atom. The van der Waals surface area contributed by atoms with E-state index >= 15 is 0 Å². The molecule has 3 aromatic heterocycles. The van der Waals surface area contributed by atoms with Crippen LogP contribution in [-0.4, -0.2) is 19.5 Å². The molecule has 6 rings (SSSR count). The highest BCUT2D eigenvalue weighted by molar-refractivity contribution is 7.17. The largest absolute Gasteiger partial charge is 0.269 e. The molecule has 0 aliphatic rings. The van der Waals surface area contributed by atoms with Gasteiger partial charge in [0.2, 0.25) is 5.95 Å². The van der Waals surface area contributed by atoms with Crippen LogP contribution < -0.4 is 0 Å². The highest BCUT2D eigenvalue weighted by Crippen LogP contribution is 2.35. The van der Waals surface area contributed by atoms with Gasteiger partial charge in [-0.05, 0) is 17.5 Å². The van der Waals surface area contributed by atoms with Crippen LogP contribution in [0, 0.1) is 0 Å². The van der Waals surface area contributed by atoms with Gasteiger partial charge < -0.3 is 0 Å². The van der Waals surface area contributed by atoms with Crippen LogP contribution in [0.2, 0.25) is 0 Å². The van der Waals surface area contributed by atoms with Crippen LogP contribution in [0.4, 0.5) is 0 Å². The van der Waals surface area contributed by atoms with E-state index in [-0.39, 0.29) is 0 Å². The van der Waals surface area contributed by atoms with Crippen molar-refractivity contribution in [2.24, 2.45) is 0 Å². The third-order valence-electron chi connectivity index (χ3n) is 5.17. The average Bonchev–Trinajstić information content (AvgIpc) is 3.41. The molecule has 3 aromatic carbocycles. The Morgan fingerprint density at radius 3 is 1.83 bits per heavy atom. The molecule has 0 radical (unpaired) electrons. The van der Waals surface area contributed by atoms with Crippen molar-refractivity contribution in [1.82, 2.24) is 19.5 Å². The highest BCUT2D eigenvalue weighted by Gasteiger charge is 2.17. The van der Waals surface area contributed by atoms with Gasteiger partial charge >= 0.3 is 0 Å². The molecule has 0 saturated heterocycles. The van der Waals surface area contributed by atoms with Gasteiger partial charge in [0.15, 0.2) is 11.6 Å². The first-order valence-corrected chi connectivity index (χ1v) is 10.6. The molecule has 0 spiro atoms. The molecule has 0 unspecified atom stereocenters. The molecule has 3 heterocycles. The quantitative estimate of drug-likeness (QED) is 0.344. The zero-order valence-electron chi connectivity index (χ0n) is 15.9. The van der Waals surface area contributed by atoms with E-state index in [1.807, 2.05) is 60.7 Å². The number of nitrogens with zero attached hydrogens (tertiary/aromatic N) is 4. The van der Waals surface area contributed by atoms with Gasteiger partial charge in [-0.3, -0.25) is 4.57 Å². The smallest absolute Gasteiger partial charge is 0.239 e. The minimum absolute atomic E-state index is 0.636. The molecule has 0 atom stereocenters. The lowest BCUT2D eigenvalue weighted by Gasteiger charge is -2.10. The molecule has 0 amide bonds. The molecule has 6 aromatic rings. The number of benzene rings is 3. The molecular weight excluding hydrogens is 388 g/mol. The van der Waals surface area contributed by atoms with E-state index in [2.05, 4.69) is 40.3 Å². The first-order chi connectivity index (χ1) is 14.9. The molecular formula is C25H16N4S. The summed E-state index contributed by atoms with van der Waals surface area (Å²) in [5.74, 6) is 1.97. The molecule has 0 aliphatic carbocycles. The molecule has 4 nitrogen and oxygen atoms in total. The molecule has 0 fully saturated rings. The fraction of sp³-hybridized carbons (Fsp3) is 0. The zero-order valence-corrected chi connectivity index (χ0v) is 16.8. The van der Waals surface area contributed by atoms with Gasteiger partial charge in [-0.25, -0.2) is 4.98 Å². The second-order valence-corrected chi connectivity index (χ2v) is 7.90. The van der Waals surface area contributed by atoms with Crippen LogP contribution in [0.5, 0.6) is 0 Å². The van der Waals surface area contributed by atoms with E-state index in [4.69, 9.17) is 15.0 Å². The Hall–Kier alpha value is -3.83. The summed E-state index contributed by atoms with van der Waals surface area (Å²) >= 11 is 1.70. The van der Waals surface area contributed by atoms with Crippen LogP contribution in [-0.2, 0) is 0 Å². The van der Waals surface area contributed by atoms with Gasteiger partial charge in [-0.2, -0.15) is 9.97 Å². The summed E-state index contributed by atoms with van der Waals surface area (Å²) in [5.41, 5.74) is 3.04. The van der Waals surface area contributed by atoms with Crippen molar-refractivity contribution in [3.63, 3.8) is 0 Å². The molecule has 0 aliphatic heterocycles. The van der Waals surface area contributed by atoms with Crippen molar-refractivity contribution in [2.45, 2.75) is 0 Å². The second-order valence-electron chi connectivity index (χ2n) is 7.01. The summed E-state index contributed by atoms with van der Waals surface area (Å²) in [4.78, 5) is 15.7.